The first-order valence-corrected chi connectivity index (χ1v) is 11.5. The monoisotopic (exact) mass is 484 g/mol. The number of methoxy groups -OCH3 is 1. The minimum Gasteiger partial charge on any atom is -0.469 e. The first kappa shape index (κ1) is 24.1. The summed E-state index contributed by atoms with van der Waals surface area (Å²) in [7, 11) is -2.63. The summed E-state index contributed by atoms with van der Waals surface area (Å²) in [4.78, 5) is 24.7. The average Bonchev–Trinajstić information content (AvgIpc) is 2.79. The van der Waals surface area contributed by atoms with E-state index in [4.69, 9.17) is 16.3 Å². The third-order valence-corrected chi connectivity index (χ3v) is 7.19. The van der Waals surface area contributed by atoms with Crippen LogP contribution in [0.1, 0.15) is 28.4 Å². The fourth-order valence-corrected chi connectivity index (χ4v) is 4.85. The van der Waals surface area contributed by atoms with Gasteiger partial charge >= 0.3 is 5.97 Å². The zero-order valence-corrected chi connectivity index (χ0v) is 18.8. The highest BCUT2D eigenvalue weighted by Gasteiger charge is 2.28. The number of benzene rings is 2. The van der Waals surface area contributed by atoms with Crippen LogP contribution < -0.4 is 5.32 Å². The van der Waals surface area contributed by atoms with E-state index in [9.17, 15) is 22.4 Å². The molecule has 0 aliphatic carbocycles. The highest BCUT2D eigenvalue weighted by atomic mass is 35.5. The molecule has 1 amide bonds. The lowest BCUT2D eigenvalue weighted by Crippen LogP contribution is -2.40. The Hall–Kier alpha value is -2.53. The number of halogens is 2. The molecule has 0 bridgehead atoms. The molecule has 0 aromatic heterocycles. The fraction of sp³-hybridized carbons (Fsp3) is 0.333. The van der Waals surface area contributed by atoms with Gasteiger partial charge in [0.2, 0.25) is 10.0 Å². The molecule has 1 N–H and O–H groups in total. The van der Waals surface area contributed by atoms with Crippen molar-refractivity contribution in [3.05, 3.63) is 64.4 Å². The largest absolute Gasteiger partial charge is 0.469 e. The van der Waals surface area contributed by atoms with Crippen molar-refractivity contribution in [2.45, 2.75) is 17.4 Å². The summed E-state index contributed by atoms with van der Waals surface area (Å²) in [5.74, 6) is -1.75. The molecule has 1 saturated heterocycles. The zero-order valence-electron chi connectivity index (χ0n) is 17.2. The van der Waals surface area contributed by atoms with Gasteiger partial charge in [0.15, 0.2) is 0 Å². The van der Waals surface area contributed by atoms with E-state index in [1.54, 1.807) is 0 Å². The zero-order chi connectivity index (χ0) is 23.3. The number of amides is 1. The van der Waals surface area contributed by atoms with Crippen LogP contribution in [0.15, 0.2) is 47.4 Å². The predicted molar refractivity (Wildman–Crippen MR) is 114 cm³/mol. The molecule has 3 rings (SSSR count). The number of nitrogens with one attached hydrogen (secondary N) is 1. The van der Waals surface area contributed by atoms with Gasteiger partial charge in [0.05, 0.1) is 48.3 Å². The number of rotatable bonds is 7. The maximum Gasteiger partial charge on any atom is 0.307 e. The first-order valence-electron chi connectivity index (χ1n) is 9.73. The van der Waals surface area contributed by atoms with Gasteiger partial charge in [-0.15, -0.1) is 0 Å². The Morgan fingerprint density at radius 1 is 1.19 bits per heavy atom. The number of ether oxygens (including phenoxy) is 2. The van der Waals surface area contributed by atoms with Crippen LogP contribution in [0.25, 0.3) is 0 Å². The van der Waals surface area contributed by atoms with Crippen LogP contribution in [0.2, 0.25) is 5.02 Å². The average molecular weight is 485 g/mol. The number of nitrogens with zero attached hydrogens (tertiary/aromatic N) is 1. The van der Waals surface area contributed by atoms with Crippen molar-refractivity contribution in [2.75, 3.05) is 33.4 Å². The molecular formula is C21H22ClFN2O6S. The molecule has 1 atom stereocenters. The Morgan fingerprint density at radius 3 is 2.47 bits per heavy atom. The van der Waals surface area contributed by atoms with Gasteiger partial charge in [-0.25, -0.2) is 12.8 Å². The number of morpholine rings is 1. The van der Waals surface area contributed by atoms with Crippen molar-refractivity contribution >= 4 is 33.5 Å². The molecule has 2 aromatic carbocycles. The predicted octanol–water partition coefficient (Wildman–Crippen LogP) is 2.53. The second-order valence-electron chi connectivity index (χ2n) is 7.02. The molecule has 0 spiro atoms. The second kappa shape index (κ2) is 10.4. The summed E-state index contributed by atoms with van der Waals surface area (Å²) >= 11 is 6.18. The molecular weight excluding hydrogens is 463 g/mol. The second-order valence-corrected chi connectivity index (χ2v) is 9.36. The summed E-state index contributed by atoms with van der Waals surface area (Å²) in [5, 5.41) is 2.70. The quantitative estimate of drug-likeness (QED) is 0.606. The number of hydrogen-bond acceptors (Lipinski definition) is 6. The Labute approximate surface area is 190 Å². The summed E-state index contributed by atoms with van der Waals surface area (Å²) in [6.45, 7) is 0.983. The van der Waals surface area contributed by atoms with Crippen molar-refractivity contribution in [2.24, 2.45) is 0 Å². The van der Waals surface area contributed by atoms with E-state index in [2.05, 4.69) is 10.1 Å². The molecule has 32 heavy (non-hydrogen) atoms. The van der Waals surface area contributed by atoms with E-state index >= 15 is 0 Å². The Balaban J connectivity index is 1.88. The molecule has 1 fully saturated rings. The van der Waals surface area contributed by atoms with Gasteiger partial charge in [-0.3, -0.25) is 9.59 Å². The van der Waals surface area contributed by atoms with E-state index in [1.807, 2.05) is 0 Å². The molecule has 11 heteroatoms. The first-order chi connectivity index (χ1) is 15.2. The highest BCUT2D eigenvalue weighted by Crippen LogP contribution is 2.25. The molecule has 1 aliphatic heterocycles. The number of carbonyl (C=O) groups excluding carboxylic acids is 2. The van der Waals surface area contributed by atoms with E-state index < -0.39 is 33.8 Å². The van der Waals surface area contributed by atoms with Gasteiger partial charge in [0, 0.05) is 13.1 Å². The number of sulfonamides is 1. The molecule has 172 valence electrons. The van der Waals surface area contributed by atoms with Crippen LogP contribution in [0.5, 0.6) is 0 Å². The van der Waals surface area contributed by atoms with E-state index in [1.165, 1.54) is 53.9 Å². The van der Waals surface area contributed by atoms with E-state index in [0.29, 0.717) is 5.56 Å². The fourth-order valence-electron chi connectivity index (χ4n) is 3.21. The highest BCUT2D eigenvalue weighted by molar-refractivity contribution is 7.89. The van der Waals surface area contributed by atoms with Crippen LogP contribution >= 0.6 is 11.6 Å². The van der Waals surface area contributed by atoms with Crippen LogP contribution in [-0.4, -0.2) is 58.0 Å². The lowest BCUT2D eigenvalue weighted by Gasteiger charge is -2.26. The molecule has 1 heterocycles. The maximum absolute atomic E-state index is 13.3. The van der Waals surface area contributed by atoms with Crippen LogP contribution in [0.4, 0.5) is 4.39 Å². The molecule has 8 nitrogen and oxygen atoms in total. The third-order valence-electron chi connectivity index (χ3n) is 4.97. The van der Waals surface area contributed by atoms with Gasteiger partial charge in [0.1, 0.15) is 5.82 Å². The number of esters is 1. The van der Waals surface area contributed by atoms with Crippen molar-refractivity contribution in [3.8, 4) is 0 Å². The smallest absolute Gasteiger partial charge is 0.307 e. The lowest BCUT2D eigenvalue weighted by atomic mass is 10.0. The maximum atomic E-state index is 13.3. The van der Waals surface area contributed by atoms with Gasteiger partial charge in [0.25, 0.3) is 5.91 Å². The summed E-state index contributed by atoms with van der Waals surface area (Å²) in [6, 6.07) is 8.29. The van der Waals surface area contributed by atoms with Crippen LogP contribution in [-0.2, 0) is 24.3 Å². The normalized spacial score (nSPS) is 15.7. The summed E-state index contributed by atoms with van der Waals surface area (Å²) in [6.07, 6.45) is -0.211. The minimum atomic E-state index is -3.84. The molecule has 0 saturated carbocycles. The van der Waals surface area contributed by atoms with Gasteiger partial charge in [-0.05, 0) is 35.9 Å². The van der Waals surface area contributed by atoms with E-state index in [-0.39, 0.29) is 48.2 Å². The molecule has 0 radical (unpaired) electrons. The van der Waals surface area contributed by atoms with Gasteiger partial charge in [-0.1, -0.05) is 23.7 Å². The topological polar surface area (TPSA) is 102 Å². The van der Waals surface area contributed by atoms with Gasteiger partial charge in [-0.2, -0.15) is 4.31 Å². The standard InChI is InChI=1S/C21H22ClFN2O6S/c1-30-20(26)13-19(14-2-4-15(23)5-3-14)24-21(27)17-12-16(6-7-18(17)22)32(28,29)25-8-10-31-11-9-25/h2-7,12,19H,8-11,13H2,1H3,(H,24,27). The Kier molecular flexibility index (Phi) is 7.83. The number of carbonyl (C=O) groups is 2. The lowest BCUT2D eigenvalue weighted by molar-refractivity contribution is -0.141. The van der Waals surface area contributed by atoms with Crippen molar-refractivity contribution in [3.63, 3.8) is 0 Å². The molecule has 2 aromatic rings. The molecule has 1 aliphatic rings. The van der Waals surface area contributed by atoms with E-state index in [0.717, 1.165) is 0 Å². The molecule has 1 unspecified atom stereocenters. The van der Waals surface area contributed by atoms with Crippen LogP contribution in [0.3, 0.4) is 0 Å². The van der Waals surface area contributed by atoms with Crippen molar-refractivity contribution in [1.82, 2.24) is 9.62 Å². The van der Waals surface area contributed by atoms with Gasteiger partial charge < -0.3 is 14.8 Å². The van der Waals surface area contributed by atoms with Crippen molar-refractivity contribution in [1.29, 1.82) is 0 Å². The third kappa shape index (κ3) is 5.63. The Morgan fingerprint density at radius 2 is 1.84 bits per heavy atom. The SMILES string of the molecule is COC(=O)CC(NC(=O)c1cc(S(=O)(=O)N2CCOCC2)ccc1Cl)c1ccc(F)cc1. The number of hydrogen-bond donors (Lipinski definition) is 1. The van der Waals surface area contributed by atoms with Crippen molar-refractivity contribution < 1.29 is 31.9 Å². The minimum absolute atomic E-state index is 0.0411. The summed E-state index contributed by atoms with van der Waals surface area (Å²) < 4.78 is 50.3. The Bertz CT molecular complexity index is 1090. The summed E-state index contributed by atoms with van der Waals surface area (Å²) in [5.41, 5.74) is 0.399. The van der Waals surface area contributed by atoms with Crippen LogP contribution in [0, 0.1) is 5.82 Å².